The van der Waals surface area contributed by atoms with Gasteiger partial charge in [0, 0.05) is 12.5 Å². The lowest BCUT2D eigenvalue weighted by molar-refractivity contribution is 0.0746. The first-order valence-corrected chi connectivity index (χ1v) is 7.17. The summed E-state index contributed by atoms with van der Waals surface area (Å²) in [6.07, 6.45) is 3.71. The molecular formula is C15H25NO2. The minimum atomic E-state index is 0.297. The van der Waals surface area contributed by atoms with Crippen molar-refractivity contribution in [1.29, 1.82) is 0 Å². The summed E-state index contributed by atoms with van der Waals surface area (Å²) in [6.45, 7) is 8.31. The molecule has 3 nitrogen and oxygen atoms in total. The molecule has 3 heteroatoms. The third-order valence-electron chi connectivity index (χ3n) is 3.77. The fraction of sp³-hybridized carbons (Fsp3) is 0.733. The van der Waals surface area contributed by atoms with Gasteiger partial charge in [0.2, 0.25) is 0 Å². The van der Waals surface area contributed by atoms with E-state index < -0.39 is 0 Å². The van der Waals surface area contributed by atoms with Crippen molar-refractivity contribution in [2.45, 2.75) is 52.2 Å². The van der Waals surface area contributed by atoms with E-state index in [4.69, 9.17) is 9.15 Å². The predicted molar refractivity (Wildman–Crippen MR) is 72.6 cm³/mol. The summed E-state index contributed by atoms with van der Waals surface area (Å²) in [5.41, 5.74) is 0. The molecule has 3 atom stereocenters. The third kappa shape index (κ3) is 2.96. The molecule has 102 valence electrons. The van der Waals surface area contributed by atoms with Gasteiger partial charge in [-0.15, -0.1) is 0 Å². The molecular weight excluding hydrogens is 226 g/mol. The van der Waals surface area contributed by atoms with E-state index in [2.05, 4.69) is 25.2 Å². The lowest BCUT2D eigenvalue weighted by Crippen LogP contribution is -2.33. The number of hydrogen-bond acceptors (Lipinski definition) is 3. The van der Waals surface area contributed by atoms with Gasteiger partial charge >= 0.3 is 0 Å². The first-order valence-electron chi connectivity index (χ1n) is 7.17. The molecule has 1 aromatic rings. The van der Waals surface area contributed by atoms with Crippen molar-refractivity contribution in [2.75, 3.05) is 13.2 Å². The van der Waals surface area contributed by atoms with Crippen molar-refractivity contribution in [2.24, 2.45) is 5.92 Å². The number of ether oxygens (including phenoxy) is 1. The Morgan fingerprint density at radius 3 is 2.83 bits per heavy atom. The van der Waals surface area contributed by atoms with Crippen LogP contribution in [0.15, 0.2) is 16.5 Å². The molecule has 1 saturated heterocycles. The van der Waals surface area contributed by atoms with Gasteiger partial charge in [-0.3, -0.25) is 0 Å². The first-order chi connectivity index (χ1) is 8.76. The van der Waals surface area contributed by atoms with Crippen LogP contribution in [0.1, 0.15) is 50.7 Å². The SMILES string of the molecule is CCCNC(c1ccc(C)o1)C1CCOC1CC. The standard InChI is InChI=1S/C15H25NO2/c1-4-9-16-15(14-7-6-11(3)18-14)12-8-10-17-13(12)5-2/h6-7,12-13,15-16H,4-5,8-10H2,1-3H3. The van der Waals surface area contributed by atoms with E-state index in [0.717, 1.165) is 43.9 Å². The molecule has 1 aliphatic heterocycles. The van der Waals surface area contributed by atoms with Crippen LogP contribution >= 0.6 is 0 Å². The molecule has 3 unspecified atom stereocenters. The average molecular weight is 251 g/mol. The van der Waals surface area contributed by atoms with Crippen LogP contribution in [0.2, 0.25) is 0 Å². The Morgan fingerprint density at radius 2 is 2.22 bits per heavy atom. The Kier molecular flexibility index (Phi) is 4.84. The molecule has 0 bridgehead atoms. The van der Waals surface area contributed by atoms with Crippen LogP contribution in [0.4, 0.5) is 0 Å². The summed E-state index contributed by atoms with van der Waals surface area (Å²) in [5.74, 6) is 2.59. The van der Waals surface area contributed by atoms with Gasteiger partial charge in [-0.1, -0.05) is 13.8 Å². The summed E-state index contributed by atoms with van der Waals surface area (Å²) in [4.78, 5) is 0. The number of furan rings is 1. The van der Waals surface area contributed by atoms with E-state index in [9.17, 15) is 0 Å². The first kappa shape index (κ1) is 13.6. The largest absolute Gasteiger partial charge is 0.465 e. The van der Waals surface area contributed by atoms with Gasteiger partial charge in [0.15, 0.2) is 0 Å². The average Bonchev–Trinajstić information content (AvgIpc) is 2.99. The van der Waals surface area contributed by atoms with E-state index in [1.807, 2.05) is 13.0 Å². The fourth-order valence-corrected chi connectivity index (χ4v) is 2.85. The van der Waals surface area contributed by atoms with Gasteiger partial charge < -0.3 is 14.5 Å². The van der Waals surface area contributed by atoms with Gasteiger partial charge in [0.25, 0.3) is 0 Å². The Morgan fingerprint density at radius 1 is 1.39 bits per heavy atom. The Labute approximate surface area is 110 Å². The molecule has 2 heterocycles. The quantitative estimate of drug-likeness (QED) is 0.841. The van der Waals surface area contributed by atoms with Crippen LogP contribution in [0.5, 0.6) is 0 Å². The van der Waals surface area contributed by atoms with Crippen LogP contribution in [-0.4, -0.2) is 19.3 Å². The van der Waals surface area contributed by atoms with Crippen LogP contribution in [0.25, 0.3) is 0 Å². The highest BCUT2D eigenvalue weighted by molar-refractivity contribution is 5.12. The number of aryl methyl sites for hydroxylation is 1. The van der Waals surface area contributed by atoms with Gasteiger partial charge in [-0.05, 0) is 44.9 Å². The van der Waals surface area contributed by atoms with Crippen molar-refractivity contribution >= 4 is 0 Å². The lowest BCUT2D eigenvalue weighted by Gasteiger charge is -2.26. The van der Waals surface area contributed by atoms with Gasteiger partial charge in [0.1, 0.15) is 11.5 Å². The van der Waals surface area contributed by atoms with Crippen molar-refractivity contribution in [1.82, 2.24) is 5.32 Å². The molecule has 18 heavy (non-hydrogen) atoms. The Balaban J connectivity index is 2.13. The maximum Gasteiger partial charge on any atom is 0.121 e. The summed E-state index contributed by atoms with van der Waals surface area (Å²) in [7, 11) is 0. The molecule has 1 N–H and O–H groups in total. The van der Waals surface area contributed by atoms with Crippen molar-refractivity contribution in [3.05, 3.63) is 23.7 Å². The molecule has 0 amide bonds. The molecule has 1 aromatic heterocycles. The molecule has 0 saturated carbocycles. The fourth-order valence-electron chi connectivity index (χ4n) is 2.85. The highest BCUT2D eigenvalue weighted by Gasteiger charge is 2.35. The summed E-state index contributed by atoms with van der Waals surface area (Å²) < 4.78 is 11.7. The zero-order valence-corrected chi connectivity index (χ0v) is 11.7. The summed E-state index contributed by atoms with van der Waals surface area (Å²) in [6, 6.07) is 4.45. The summed E-state index contributed by atoms with van der Waals surface area (Å²) >= 11 is 0. The number of rotatable bonds is 6. The third-order valence-corrected chi connectivity index (χ3v) is 3.77. The van der Waals surface area contributed by atoms with Crippen molar-refractivity contribution in [3.63, 3.8) is 0 Å². The topological polar surface area (TPSA) is 34.4 Å². The molecule has 1 fully saturated rings. The van der Waals surface area contributed by atoms with E-state index in [0.29, 0.717) is 18.1 Å². The molecule has 1 aliphatic rings. The lowest BCUT2D eigenvalue weighted by atomic mass is 9.89. The normalized spacial score (nSPS) is 25.5. The number of hydrogen-bond donors (Lipinski definition) is 1. The van der Waals surface area contributed by atoms with E-state index in [1.165, 1.54) is 0 Å². The van der Waals surface area contributed by atoms with Gasteiger partial charge in [-0.2, -0.15) is 0 Å². The second kappa shape index (κ2) is 6.39. The molecule has 0 radical (unpaired) electrons. The molecule has 0 spiro atoms. The highest BCUT2D eigenvalue weighted by atomic mass is 16.5. The van der Waals surface area contributed by atoms with Crippen molar-refractivity contribution < 1.29 is 9.15 Å². The van der Waals surface area contributed by atoms with E-state index in [1.54, 1.807) is 0 Å². The zero-order valence-electron chi connectivity index (χ0n) is 11.7. The number of nitrogens with one attached hydrogen (secondary N) is 1. The van der Waals surface area contributed by atoms with Crippen LogP contribution in [-0.2, 0) is 4.74 Å². The van der Waals surface area contributed by atoms with Crippen LogP contribution in [0.3, 0.4) is 0 Å². The van der Waals surface area contributed by atoms with E-state index >= 15 is 0 Å². The highest BCUT2D eigenvalue weighted by Crippen LogP contribution is 2.35. The Bertz CT molecular complexity index is 361. The zero-order chi connectivity index (χ0) is 13.0. The minimum Gasteiger partial charge on any atom is -0.465 e. The minimum absolute atomic E-state index is 0.297. The van der Waals surface area contributed by atoms with Crippen LogP contribution < -0.4 is 5.32 Å². The smallest absolute Gasteiger partial charge is 0.121 e. The maximum absolute atomic E-state index is 5.83. The maximum atomic E-state index is 5.83. The van der Waals surface area contributed by atoms with Gasteiger partial charge in [0.05, 0.1) is 12.1 Å². The Hall–Kier alpha value is -0.800. The summed E-state index contributed by atoms with van der Waals surface area (Å²) in [5, 5.41) is 3.63. The predicted octanol–water partition coefficient (Wildman–Crippen LogP) is 3.44. The van der Waals surface area contributed by atoms with Crippen LogP contribution in [0, 0.1) is 12.8 Å². The van der Waals surface area contributed by atoms with Crippen molar-refractivity contribution in [3.8, 4) is 0 Å². The monoisotopic (exact) mass is 251 g/mol. The van der Waals surface area contributed by atoms with Gasteiger partial charge in [-0.25, -0.2) is 0 Å². The molecule has 0 aromatic carbocycles. The molecule has 0 aliphatic carbocycles. The second-order valence-electron chi connectivity index (χ2n) is 5.15. The van der Waals surface area contributed by atoms with E-state index in [-0.39, 0.29) is 0 Å². The second-order valence-corrected chi connectivity index (χ2v) is 5.15. The molecule has 2 rings (SSSR count).